The Hall–Kier alpha value is -2.29. The molecular weight excluding hydrogens is 226 g/mol. The van der Waals surface area contributed by atoms with Gasteiger partial charge in [-0.15, -0.1) is 0 Å². The molecule has 0 spiro atoms. The molecule has 1 aromatic heterocycles. The first-order chi connectivity index (χ1) is 8.49. The molecule has 1 aromatic carbocycles. The van der Waals surface area contributed by atoms with Crippen molar-refractivity contribution < 1.29 is 10.2 Å². The van der Waals surface area contributed by atoms with Gasteiger partial charge in [0.05, 0.1) is 5.69 Å². The molecule has 0 saturated heterocycles. The number of hydrogen-bond acceptors (Lipinski definition) is 3. The molecule has 0 aliphatic carbocycles. The van der Waals surface area contributed by atoms with Crippen LogP contribution < -0.4 is 10.4 Å². The van der Waals surface area contributed by atoms with Gasteiger partial charge in [0.15, 0.2) is 0 Å². The second kappa shape index (κ2) is 4.53. The van der Waals surface area contributed by atoms with Crippen LogP contribution in [0.5, 0.6) is 11.5 Å². The summed E-state index contributed by atoms with van der Waals surface area (Å²) in [5, 5.41) is 21.2. The molecule has 2 N–H and O–H groups in total. The van der Waals surface area contributed by atoms with Gasteiger partial charge in [-0.05, 0) is 36.8 Å². The molecule has 0 radical (unpaired) electrons. The Morgan fingerprint density at radius 3 is 2.61 bits per heavy atom. The van der Waals surface area contributed by atoms with E-state index in [1.807, 2.05) is 13.0 Å². The van der Waals surface area contributed by atoms with E-state index >= 15 is 0 Å². The molecule has 92 valence electrons. The third kappa shape index (κ3) is 2.20. The highest BCUT2D eigenvalue weighted by Crippen LogP contribution is 2.23. The molecule has 0 aliphatic heterocycles. The third-order valence-corrected chi connectivity index (χ3v) is 2.87. The van der Waals surface area contributed by atoms with Crippen molar-refractivity contribution in [2.45, 2.75) is 13.8 Å². The van der Waals surface area contributed by atoms with Gasteiger partial charge >= 0.3 is 0 Å². The first kappa shape index (κ1) is 12.2. The standard InChI is InChI=1S/C15H15NO2/c1-9-4-5-12(14(17)6-9)7-13-10(2)8-16-11(3)15(13)18/h4-8,17-18H,1H2,2-3H3. The van der Waals surface area contributed by atoms with E-state index in [4.69, 9.17) is 0 Å². The van der Waals surface area contributed by atoms with Gasteiger partial charge in [0.2, 0.25) is 0 Å². The van der Waals surface area contributed by atoms with Gasteiger partial charge in [-0.3, -0.25) is 4.98 Å². The Balaban J connectivity index is 2.71. The van der Waals surface area contributed by atoms with Gasteiger partial charge in [-0.2, -0.15) is 0 Å². The molecule has 18 heavy (non-hydrogen) atoms. The monoisotopic (exact) mass is 241 g/mol. The van der Waals surface area contributed by atoms with E-state index in [0.29, 0.717) is 16.5 Å². The van der Waals surface area contributed by atoms with E-state index in [1.54, 1.807) is 31.3 Å². The number of aromatic nitrogens is 1. The van der Waals surface area contributed by atoms with Crippen LogP contribution in [-0.2, 0) is 0 Å². The van der Waals surface area contributed by atoms with E-state index in [2.05, 4.69) is 11.6 Å². The van der Waals surface area contributed by atoms with Crippen molar-refractivity contribution in [1.29, 1.82) is 0 Å². The second-order valence-electron chi connectivity index (χ2n) is 4.33. The highest BCUT2D eigenvalue weighted by Gasteiger charge is 2.06. The number of phenolic OH excluding ortho intramolecular Hbond substituents is 1. The largest absolute Gasteiger partial charge is 0.507 e. The predicted octanol–water partition coefficient (Wildman–Crippen LogP) is 1.35. The molecule has 0 atom stereocenters. The maximum absolute atomic E-state index is 10.00. The van der Waals surface area contributed by atoms with Crippen LogP contribution in [0.2, 0.25) is 0 Å². The summed E-state index contributed by atoms with van der Waals surface area (Å²) in [5.41, 5.74) is 2.10. The van der Waals surface area contributed by atoms with Crippen LogP contribution in [0.1, 0.15) is 16.8 Å². The zero-order valence-corrected chi connectivity index (χ0v) is 10.4. The van der Waals surface area contributed by atoms with Crippen LogP contribution >= 0.6 is 0 Å². The quantitative estimate of drug-likeness (QED) is 0.792. The lowest BCUT2D eigenvalue weighted by molar-refractivity contribution is 0.465. The number of nitrogens with zero attached hydrogens (tertiary/aromatic N) is 1. The zero-order chi connectivity index (χ0) is 13.3. The van der Waals surface area contributed by atoms with Crippen LogP contribution in [0.3, 0.4) is 0 Å². The van der Waals surface area contributed by atoms with E-state index < -0.39 is 0 Å². The number of rotatable bonds is 1. The number of benzene rings is 1. The van der Waals surface area contributed by atoms with Gasteiger partial charge < -0.3 is 10.2 Å². The topological polar surface area (TPSA) is 53.4 Å². The number of hydrogen-bond donors (Lipinski definition) is 2. The Kier molecular flexibility index (Phi) is 3.06. The molecule has 0 fully saturated rings. The normalized spacial score (nSPS) is 11.8. The van der Waals surface area contributed by atoms with Crippen LogP contribution in [-0.4, -0.2) is 15.2 Å². The molecule has 3 heteroatoms. The minimum absolute atomic E-state index is 0.146. The maximum atomic E-state index is 10.00. The van der Waals surface area contributed by atoms with Crippen molar-refractivity contribution in [3.8, 4) is 11.5 Å². The average Bonchev–Trinajstić information content (AvgIpc) is 2.32. The highest BCUT2D eigenvalue weighted by molar-refractivity contribution is 5.62. The molecule has 0 aliphatic rings. The number of pyridine rings is 1. The maximum Gasteiger partial charge on any atom is 0.144 e. The minimum atomic E-state index is 0.146. The first-order valence-corrected chi connectivity index (χ1v) is 5.64. The van der Waals surface area contributed by atoms with Crippen molar-refractivity contribution in [3.05, 3.63) is 51.7 Å². The van der Waals surface area contributed by atoms with Crippen molar-refractivity contribution in [3.63, 3.8) is 0 Å². The predicted molar refractivity (Wildman–Crippen MR) is 71.8 cm³/mol. The molecule has 2 aromatic rings. The summed E-state index contributed by atoms with van der Waals surface area (Å²) in [4.78, 5) is 4.07. The van der Waals surface area contributed by atoms with Crippen LogP contribution in [0.4, 0.5) is 0 Å². The van der Waals surface area contributed by atoms with Gasteiger partial charge in [0, 0.05) is 17.0 Å². The average molecular weight is 241 g/mol. The summed E-state index contributed by atoms with van der Waals surface area (Å²) in [6, 6.07) is 5.17. The first-order valence-electron chi connectivity index (χ1n) is 5.64. The van der Waals surface area contributed by atoms with E-state index in [1.165, 1.54) is 0 Å². The van der Waals surface area contributed by atoms with Gasteiger partial charge in [0.1, 0.15) is 11.5 Å². The highest BCUT2D eigenvalue weighted by atomic mass is 16.3. The summed E-state index contributed by atoms with van der Waals surface area (Å²) in [6.07, 6.45) is 3.45. The Bertz CT molecular complexity index is 705. The SMILES string of the molecule is C=c1ccc(=Cc2c(C)cnc(C)c2O)c(O)c1. The van der Waals surface area contributed by atoms with Crippen molar-refractivity contribution >= 4 is 12.7 Å². The van der Waals surface area contributed by atoms with Crippen molar-refractivity contribution in [2.24, 2.45) is 0 Å². The molecule has 2 rings (SSSR count). The lowest BCUT2D eigenvalue weighted by Crippen LogP contribution is -2.07. The van der Waals surface area contributed by atoms with Gasteiger partial charge in [-0.1, -0.05) is 18.7 Å². The summed E-state index contributed by atoms with van der Waals surface area (Å²) >= 11 is 0. The van der Waals surface area contributed by atoms with Crippen LogP contribution in [0, 0.1) is 13.8 Å². The van der Waals surface area contributed by atoms with Crippen LogP contribution in [0.15, 0.2) is 24.4 Å². The lowest BCUT2D eigenvalue weighted by Gasteiger charge is -2.06. The molecule has 0 saturated carbocycles. The third-order valence-electron chi connectivity index (χ3n) is 2.87. The summed E-state index contributed by atoms with van der Waals surface area (Å²) < 4.78 is 0. The fourth-order valence-corrected chi connectivity index (χ4v) is 1.75. The summed E-state index contributed by atoms with van der Waals surface area (Å²) in [7, 11) is 0. The van der Waals surface area contributed by atoms with E-state index in [-0.39, 0.29) is 11.5 Å². The van der Waals surface area contributed by atoms with Gasteiger partial charge in [0.25, 0.3) is 0 Å². The minimum Gasteiger partial charge on any atom is -0.507 e. The van der Waals surface area contributed by atoms with Crippen LogP contribution in [0.25, 0.3) is 12.7 Å². The Labute approximate surface area is 105 Å². The fourth-order valence-electron chi connectivity index (χ4n) is 1.75. The van der Waals surface area contributed by atoms with E-state index in [0.717, 1.165) is 10.8 Å². The Morgan fingerprint density at radius 1 is 1.22 bits per heavy atom. The molecule has 0 amide bonds. The zero-order valence-electron chi connectivity index (χ0n) is 10.4. The lowest BCUT2D eigenvalue weighted by atomic mass is 10.1. The van der Waals surface area contributed by atoms with Gasteiger partial charge in [-0.25, -0.2) is 0 Å². The molecule has 0 unspecified atom stereocenters. The van der Waals surface area contributed by atoms with Crippen molar-refractivity contribution in [1.82, 2.24) is 4.98 Å². The van der Waals surface area contributed by atoms with E-state index in [9.17, 15) is 10.2 Å². The van der Waals surface area contributed by atoms with Crippen molar-refractivity contribution in [2.75, 3.05) is 0 Å². The number of aromatic hydroxyl groups is 2. The summed E-state index contributed by atoms with van der Waals surface area (Å²) in [6.45, 7) is 7.35. The Morgan fingerprint density at radius 2 is 1.94 bits per heavy atom. The molecule has 1 heterocycles. The molecular formula is C15H15NO2. The summed E-state index contributed by atoms with van der Waals surface area (Å²) in [5.74, 6) is 0.295. The molecule has 3 nitrogen and oxygen atoms in total. The second-order valence-corrected chi connectivity index (χ2v) is 4.33. The smallest absolute Gasteiger partial charge is 0.144 e. The number of aryl methyl sites for hydroxylation is 2. The fraction of sp³-hybridized carbons (Fsp3) is 0.133. The molecule has 0 bridgehead atoms. The number of phenols is 1.